The maximum absolute atomic E-state index is 12.3. The predicted octanol–water partition coefficient (Wildman–Crippen LogP) is 2.43. The highest BCUT2D eigenvalue weighted by Crippen LogP contribution is 2.19. The highest BCUT2D eigenvalue weighted by molar-refractivity contribution is 5.91. The van der Waals surface area contributed by atoms with Crippen molar-refractivity contribution in [3.05, 3.63) is 73.1 Å². The molecule has 0 aliphatic carbocycles. The topological polar surface area (TPSA) is 82.8 Å². The van der Waals surface area contributed by atoms with Gasteiger partial charge in [-0.2, -0.15) is 0 Å². The maximum Gasteiger partial charge on any atom is 0.343 e. The first kappa shape index (κ1) is 14.0. The lowest BCUT2D eigenvalue weighted by molar-refractivity contribution is 0.0735. The summed E-state index contributed by atoms with van der Waals surface area (Å²) in [7, 11) is 0. The monoisotopic (exact) mass is 317 g/mol. The SMILES string of the molecule is O=C(Oc1ccc2nccnc2c1)c1ccc(-n2cnnc2)cc1. The molecule has 7 heteroatoms. The molecule has 2 aromatic heterocycles. The van der Waals surface area contributed by atoms with Gasteiger partial charge in [-0.1, -0.05) is 0 Å². The van der Waals surface area contributed by atoms with Gasteiger partial charge < -0.3 is 4.74 Å². The van der Waals surface area contributed by atoms with E-state index in [1.54, 1.807) is 72.1 Å². The van der Waals surface area contributed by atoms with E-state index in [2.05, 4.69) is 20.2 Å². The van der Waals surface area contributed by atoms with E-state index in [-0.39, 0.29) is 0 Å². The van der Waals surface area contributed by atoms with Gasteiger partial charge in [0.25, 0.3) is 0 Å². The van der Waals surface area contributed by atoms with Gasteiger partial charge in [-0.25, -0.2) is 4.79 Å². The normalized spacial score (nSPS) is 10.7. The molecule has 0 fully saturated rings. The molecule has 0 spiro atoms. The fourth-order valence-electron chi connectivity index (χ4n) is 2.28. The van der Waals surface area contributed by atoms with Crippen LogP contribution in [0.3, 0.4) is 0 Å². The molecule has 0 unspecified atom stereocenters. The first-order valence-corrected chi connectivity index (χ1v) is 7.18. The van der Waals surface area contributed by atoms with Crippen molar-refractivity contribution in [3.8, 4) is 11.4 Å². The summed E-state index contributed by atoms with van der Waals surface area (Å²) in [5, 5.41) is 7.49. The number of hydrogen-bond acceptors (Lipinski definition) is 6. The molecule has 0 bridgehead atoms. The second-order valence-electron chi connectivity index (χ2n) is 5.01. The molecule has 4 rings (SSSR count). The van der Waals surface area contributed by atoms with Crippen molar-refractivity contribution >= 4 is 17.0 Å². The highest BCUT2D eigenvalue weighted by atomic mass is 16.5. The van der Waals surface area contributed by atoms with Crippen LogP contribution in [0.4, 0.5) is 0 Å². The summed E-state index contributed by atoms with van der Waals surface area (Å²) in [5.74, 6) is -0.00978. The molecule has 7 nitrogen and oxygen atoms in total. The number of carbonyl (C=O) groups excluding carboxylic acids is 1. The van der Waals surface area contributed by atoms with Crippen molar-refractivity contribution in [3.63, 3.8) is 0 Å². The lowest BCUT2D eigenvalue weighted by atomic mass is 10.2. The molecule has 24 heavy (non-hydrogen) atoms. The quantitative estimate of drug-likeness (QED) is 0.426. The minimum absolute atomic E-state index is 0.427. The Kier molecular flexibility index (Phi) is 3.43. The van der Waals surface area contributed by atoms with Gasteiger partial charge in [0.2, 0.25) is 0 Å². The summed E-state index contributed by atoms with van der Waals surface area (Å²) < 4.78 is 7.15. The van der Waals surface area contributed by atoms with Crippen LogP contribution in [0, 0.1) is 0 Å². The van der Waals surface area contributed by atoms with Crippen molar-refractivity contribution in [2.24, 2.45) is 0 Å². The number of fused-ring (bicyclic) bond motifs is 1. The molecule has 0 amide bonds. The molecule has 116 valence electrons. The van der Waals surface area contributed by atoms with Gasteiger partial charge in [0.15, 0.2) is 0 Å². The second kappa shape index (κ2) is 5.88. The molecule has 0 radical (unpaired) electrons. The zero-order chi connectivity index (χ0) is 16.4. The third kappa shape index (κ3) is 2.70. The summed E-state index contributed by atoms with van der Waals surface area (Å²) in [6.45, 7) is 0. The Balaban J connectivity index is 1.54. The number of benzene rings is 2. The van der Waals surface area contributed by atoms with E-state index in [1.807, 2.05) is 0 Å². The van der Waals surface area contributed by atoms with E-state index >= 15 is 0 Å². The van der Waals surface area contributed by atoms with Crippen LogP contribution in [0.15, 0.2) is 67.5 Å². The van der Waals surface area contributed by atoms with Crippen LogP contribution in [0.5, 0.6) is 5.75 Å². The van der Waals surface area contributed by atoms with E-state index in [0.717, 1.165) is 11.2 Å². The van der Waals surface area contributed by atoms with E-state index in [1.165, 1.54) is 0 Å². The summed E-state index contributed by atoms with van der Waals surface area (Å²) >= 11 is 0. The number of esters is 1. The Morgan fingerprint density at radius 2 is 1.58 bits per heavy atom. The zero-order valence-corrected chi connectivity index (χ0v) is 12.4. The number of aromatic nitrogens is 5. The Morgan fingerprint density at radius 1 is 0.875 bits per heavy atom. The lowest BCUT2D eigenvalue weighted by Gasteiger charge is -2.06. The smallest absolute Gasteiger partial charge is 0.343 e. The predicted molar refractivity (Wildman–Crippen MR) is 85.9 cm³/mol. The Hall–Kier alpha value is -3.61. The summed E-state index contributed by atoms with van der Waals surface area (Å²) in [4.78, 5) is 20.6. The van der Waals surface area contributed by atoms with Crippen LogP contribution < -0.4 is 4.74 Å². The van der Waals surface area contributed by atoms with E-state index < -0.39 is 5.97 Å². The van der Waals surface area contributed by atoms with Crippen LogP contribution in [-0.2, 0) is 0 Å². The molecule has 0 saturated carbocycles. The van der Waals surface area contributed by atoms with Crippen molar-refractivity contribution < 1.29 is 9.53 Å². The average molecular weight is 317 g/mol. The highest BCUT2D eigenvalue weighted by Gasteiger charge is 2.10. The van der Waals surface area contributed by atoms with Gasteiger partial charge in [-0.15, -0.1) is 10.2 Å². The molecule has 0 atom stereocenters. The molecular formula is C17H11N5O2. The third-order valence-electron chi connectivity index (χ3n) is 3.47. The van der Waals surface area contributed by atoms with E-state index in [9.17, 15) is 4.79 Å². The molecule has 4 aromatic rings. The van der Waals surface area contributed by atoms with Gasteiger partial charge in [0.1, 0.15) is 18.4 Å². The number of ether oxygens (including phenoxy) is 1. The summed E-state index contributed by atoms with van der Waals surface area (Å²) in [6, 6.07) is 12.1. The first-order valence-electron chi connectivity index (χ1n) is 7.18. The number of nitrogens with zero attached hydrogens (tertiary/aromatic N) is 5. The first-order chi connectivity index (χ1) is 11.8. The van der Waals surface area contributed by atoms with Crippen molar-refractivity contribution in [1.29, 1.82) is 0 Å². The molecule has 2 heterocycles. The van der Waals surface area contributed by atoms with Gasteiger partial charge in [-0.05, 0) is 36.4 Å². The van der Waals surface area contributed by atoms with Gasteiger partial charge in [0.05, 0.1) is 16.6 Å². The van der Waals surface area contributed by atoms with E-state index in [4.69, 9.17) is 4.74 Å². The van der Waals surface area contributed by atoms with Crippen molar-refractivity contribution in [2.45, 2.75) is 0 Å². The third-order valence-corrected chi connectivity index (χ3v) is 3.47. The zero-order valence-electron chi connectivity index (χ0n) is 12.4. The Labute approximate surface area is 136 Å². The van der Waals surface area contributed by atoms with Crippen LogP contribution in [0.2, 0.25) is 0 Å². The fourth-order valence-corrected chi connectivity index (χ4v) is 2.28. The molecule has 2 aromatic carbocycles. The molecule has 0 aliphatic rings. The van der Waals surface area contributed by atoms with Crippen molar-refractivity contribution in [2.75, 3.05) is 0 Å². The van der Waals surface area contributed by atoms with Crippen LogP contribution in [0.25, 0.3) is 16.7 Å². The van der Waals surface area contributed by atoms with Crippen molar-refractivity contribution in [1.82, 2.24) is 24.7 Å². The Morgan fingerprint density at radius 3 is 2.33 bits per heavy atom. The van der Waals surface area contributed by atoms with Crippen LogP contribution in [-0.4, -0.2) is 30.7 Å². The van der Waals surface area contributed by atoms with Crippen LogP contribution in [0.1, 0.15) is 10.4 Å². The number of carbonyl (C=O) groups is 1. The van der Waals surface area contributed by atoms with Gasteiger partial charge in [0, 0.05) is 24.1 Å². The van der Waals surface area contributed by atoms with Gasteiger partial charge in [-0.3, -0.25) is 14.5 Å². The maximum atomic E-state index is 12.3. The minimum atomic E-state index is -0.437. The average Bonchev–Trinajstić information content (AvgIpc) is 3.16. The molecule has 0 N–H and O–H groups in total. The van der Waals surface area contributed by atoms with Gasteiger partial charge >= 0.3 is 5.97 Å². The minimum Gasteiger partial charge on any atom is -0.423 e. The molecular weight excluding hydrogens is 306 g/mol. The number of rotatable bonds is 3. The molecule has 0 aliphatic heterocycles. The standard InChI is InChI=1S/C17H11N5O2/c23-17(12-1-3-13(4-2-12)22-10-20-21-11-22)24-14-5-6-15-16(9-14)19-8-7-18-15/h1-11H. The fraction of sp³-hybridized carbons (Fsp3) is 0. The second-order valence-corrected chi connectivity index (χ2v) is 5.01. The van der Waals surface area contributed by atoms with Crippen LogP contribution >= 0.6 is 0 Å². The van der Waals surface area contributed by atoms with E-state index in [0.29, 0.717) is 16.8 Å². The molecule has 0 saturated heterocycles. The lowest BCUT2D eigenvalue weighted by Crippen LogP contribution is -2.08. The number of hydrogen-bond donors (Lipinski definition) is 0. The largest absolute Gasteiger partial charge is 0.423 e. The Bertz CT molecular complexity index is 997. The summed E-state index contributed by atoms with van der Waals surface area (Å²) in [5.41, 5.74) is 2.73. The summed E-state index contributed by atoms with van der Waals surface area (Å²) in [6.07, 6.45) is 6.38.